The van der Waals surface area contributed by atoms with Crippen molar-refractivity contribution >= 4 is 11.6 Å². The molecule has 0 fully saturated rings. The van der Waals surface area contributed by atoms with E-state index in [1.54, 1.807) is 0 Å². The number of aromatic nitrogens is 3. The topological polar surface area (TPSA) is 94.5 Å². The van der Waals surface area contributed by atoms with Gasteiger partial charge < -0.3 is 5.32 Å². The summed E-state index contributed by atoms with van der Waals surface area (Å²) in [5, 5.41) is 18.0. The van der Waals surface area contributed by atoms with Crippen LogP contribution in [0.2, 0.25) is 0 Å². The van der Waals surface area contributed by atoms with Crippen LogP contribution in [0, 0.1) is 18.3 Å². The van der Waals surface area contributed by atoms with Crippen molar-refractivity contribution in [1.82, 2.24) is 15.2 Å². The summed E-state index contributed by atoms with van der Waals surface area (Å²) in [4.78, 5) is 16.8. The molecule has 0 aliphatic rings. The Bertz CT molecular complexity index is 1280. The second-order valence-corrected chi connectivity index (χ2v) is 7.50. The Morgan fingerprint density at radius 2 is 1.74 bits per heavy atom. The predicted molar refractivity (Wildman–Crippen MR) is 110 cm³/mol. The van der Waals surface area contributed by atoms with Gasteiger partial charge >= 0.3 is 18.0 Å². The number of carbonyl (C=O) groups excluding carboxylic acids is 1. The molecule has 0 radical (unpaired) electrons. The third-order valence-corrected chi connectivity index (χ3v) is 5.29. The summed E-state index contributed by atoms with van der Waals surface area (Å²) in [6.45, 7) is 2.59. The van der Waals surface area contributed by atoms with E-state index >= 15 is 0 Å². The molecule has 1 aromatic heterocycles. The van der Waals surface area contributed by atoms with E-state index in [1.807, 2.05) is 6.07 Å². The molecular weight excluding hydrogens is 483 g/mol. The van der Waals surface area contributed by atoms with Crippen LogP contribution in [-0.4, -0.2) is 33.4 Å². The molecule has 0 bridgehead atoms. The number of anilines is 1. The van der Waals surface area contributed by atoms with Crippen LogP contribution in [0.15, 0.2) is 36.7 Å². The largest absolute Gasteiger partial charge is 0.435 e. The normalized spacial score (nSPS) is 12.3. The van der Waals surface area contributed by atoms with Crippen LogP contribution in [-0.2, 0) is 12.1 Å². The smallest absolute Gasteiger partial charge is 0.321 e. The number of aryl methyl sites for hydroxylation is 2. The number of hydrogen-bond donors (Lipinski definition) is 2. The average Bonchev–Trinajstić information content (AvgIpc) is 3.32. The zero-order chi connectivity index (χ0) is 26.2. The number of nitrogens with one attached hydrogen (secondary N) is 2. The highest BCUT2D eigenvalue weighted by Gasteiger charge is 2.73. The Hall–Kier alpha value is -3.95. The molecule has 0 unspecified atom stereocenters. The molecule has 3 rings (SSSR count). The number of aromatic amines is 1. The highest BCUT2D eigenvalue weighted by Crippen LogP contribution is 2.53. The van der Waals surface area contributed by atoms with Gasteiger partial charge in [0, 0.05) is 22.4 Å². The van der Waals surface area contributed by atoms with Crippen LogP contribution in [0.25, 0.3) is 11.4 Å². The van der Waals surface area contributed by atoms with Gasteiger partial charge in [-0.25, -0.2) is 9.37 Å². The van der Waals surface area contributed by atoms with Crippen LogP contribution in [0.5, 0.6) is 0 Å². The first-order chi connectivity index (χ1) is 16.2. The Kier molecular flexibility index (Phi) is 6.61. The summed E-state index contributed by atoms with van der Waals surface area (Å²) < 4.78 is 93.8. The molecule has 1 heterocycles. The SMILES string of the molecule is CCc1cc(C(F)(C(F)(F)F)C(F)(F)F)cc(C)c1NC(=O)c1ccc(C#N)c(-c2ncn[nH]2)c1. The first-order valence-electron chi connectivity index (χ1n) is 9.92. The molecule has 0 saturated heterocycles. The molecule has 0 saturated carbocycles. The molecule has 2 aromatic carbocycles. The van der Waals surface area contributed by atoms with Gasteiger partial charge in [0.1, 0.15) is 6.33 Å². The lowest BCUT2D eigenvalue weighted by Crippen LogP contribution is -2.50. The van der Waals surface area contributed by atoms with Crippen molar-refractivity contribution in [2.45, 2.75) is 38.3 Å². The number of hydrogen-bond acceptors (Lipinski definition) is 4. The van der Waals surface area contributed by atoms with E-state index in [1.165, 1.54) is 31.5 Å². The molecule has 0 spiro atoms. The van der Waals surface area contributed by atoms with Gasteiger partial charge in [-0.15, -0.1) is 0 Å². The molecule has 2 N–H and O–H groups in total. The van der Waals surface area contributed by atoms with E-state index in [9.17, 15) is 40.8 Å². The average molecular weight is 499 g/mol. The highest BCUT2D eigenvalue weighted by molar-refractivity contribution is 6.06. The van der Waals surface area contributed by atoms with Crippen LogP contribution in [0.4, 0.5) is 36.4 Å². The number of alkyl halides is 7. The minimum absolute atomic E-state index is 0.0198. The van der Waals surface area contributed by atoms with Crippen molar-refractivity contribution < 1.29 is 35.5 Å². The van der Waals surface area contributed by atoms with E-state index in [-0.39, 0.29) is 45.7 Å². The standard InChI is InChI=1S/C22H16F7N5O/c1-3-12-7-15(20(23,21(24,25)26)22(27,28)29)6-11(2)17(12)33-19(35)13-4-5-14(9-30)16(8-13)18-31-10-32-34-18/h4-8,10H,3H2,1-2H3,(H,33,35)(H,31,32,34). The van der Waals surface area contributed by atoms with Crippen LogP contribution >= 0.6 is 0 Å². The van der Waals surface area contributed by atoms with E-state index in [0.717, 1.165) is 6.92 Å². The summed E-state index contributed by atoms with van der Waals surface area (Å²) in [7, 11) is 0. The third-order valence-electron chi connectivity index (χ3n) is 5.29. The monoisotopic (exact) mass is 499 g/mol. The number of nitriles is 1. The van der Waals surface area contributed by atoms with Gasteiger partial charge in [-0.1, -0.05) is 13.0 Å². The number of halogens is 7. The zero-order valence-corrected chi connectivity index (χ0v) is 18.1. The van der Waals surface area contributed by atoms with Gasteiger partial charge in [-0.05, 0) is 48.7 Å². The molecule has 0 atom stereocenters. The fourth-order valence-electron chi connectivity index (χ4n) is 3.50. The van der Waals surface area contributed by atoms with Crippen molar-refractivity contribution in [2.75, 3.05) is 5.32 Å². The molecule has 3 aromatic rings. The number of H-pyrrole nitrogens is 1. The van der Waals surface area contributed by atoms with Crippen molar-refractivity contribution in [2.24, 2.45) is 0 Å². The van der Waals surface area contributed by atoms with Gasteiger partial charge in [-0.3, -0.25) is 9.89 Å². The summed E-state index contributed by atoms with van der Waals surface area (Å²) in [6, 6.07) is 6.76. The second-order valence-electron chi connectivity index (χ2n) is 7.50. The fraction of sp³-hybridized carbons (Fsp3) is 0.273. The van der Waals surface area contributed by atoms with Gasteiger partial charge in [0.2, 0.25) is 0 Å². The molecule has 13 heteroatoms. The minimum atomic E-state index is -6.26. The number of nitrogens with zero attached hydrogens (tertiary/aromatic N) is 3. The first-order valence-corrected chi connectivity index (χ1v) is 9.92. The molecule has 184 valence electrons. The van der Waals surface area contributed by atoms with E-state index in [0.29, 0.717) is 12.1 Å². The molecule has 6 nitrogen and oxygen atoms in total. The Labute approximate surface area is 193 Å². The summed E-state index contributed by atoms with van der Waals surface area (Å²) in [6.07, 6.45) is -11.4. The maximum atomic E-state index is 14.6. The second kappa shape index (κ2) is 9.01. The Morgan fingerprint density at radius 3 is 2.26 bits per heavy atom. The lowest BCUT2D eigenvalue weighted by atomic mass is 9.89. The summed E-state index contributed by atoms with van der Waals surface area (Å²) >= 11 is 0. The van der Waals surface area contributed by atoms with E-state index < -0.39 is 29.5 Å². The molecule has 0 aliphatic carbocycles. The van der Waals surface area contributed by atoms with Crippen LogP contribution < -0.4 is 5.32 Å². The van der Waals surface area contributed by atoms with Crippen molar-refractivity contribution in [3.63, 3.8) is 0 Å². The Balaban J connectivity index is 2.04. The van der Waals surface area contributed by atoms with Gasteiger partial charge in [0.15, 0.2) is 5.82 Å². The van der Waals surface area contributed by atoms with E-state index in [2.05, 4.69) is 20.5 Å². The predicted octanol–water partition coefficient (Wildman–Crippen LogP) is 5.76. The van der Waals surface area contributed by atoms with Gasteiger partial charge in [0.05, 0.1) is 11.6 Å². The minimum Gasteiger partial charge on any atom is -0.321 e. The van der Waals surface area contributed by atoms with Gasteiger partial charge in [0.25, 0.3) is 5.91 Å². The lowest BCUT2D eigenvalue weighted by Gasteiger charge is -2.31. The molecule has 35 heavy (non-hydrogen) atoms. The quantitative estimate of drug-likeness (QED) is 0.437. The summed E-state index contributed by atoms with van der Waals surface area (Å²) in [5.74, 6) is -0.566. The first kappa shape index (κ1) is 25.7. The number of carbonyl (C=O) groups is 1. The van der Waals surface area contributed by atoms with E-state index in [4.69, 9.17) is 0 Å². The zero-order valence-electron chi connectivity index (χ0n) is 18.1. The number of rotatable bonds is 5. The van der Waals surface area contributed by atoms with Crippen molar-refractivity contribution in [1.29, 1.82) is 5.26 Å². The fourth-order valence-corrected chi connectivity index (χ4v) is 3.50. The van der Waals surface area contributed by atoms with Crippen molar-refractivity contribution in [3.8, 4) is 17.5 Å². The number of amides is 1. The maximum absolute atomic E-state index is 14.6. The summed E-state index contributed by atoms with van der Waals surface area (Å²) in [5.41, 5.74) is -7.17. The van der Waals surface area contributed by atoms with Gasteiger partial charge in [-0.2, -0.15) is 36.7 Å². The maximum Gasteiger partial charge on any atom is 0.435 e. The third kappa shape index (κ3) is 4.55. The van der Waals surface area contributed by atoms with Crippen LogP contribution in [0.1, 0.15) is 39.5 Å². The lowest BCUT2D eigenvalue weighted by molar-refractivity contribution is -0.348. The number of benzene rings is 2. The van der Waals surface area contributed by atoms with Crippen molar-refractivity contribution in [3.05, 3.63) is 64.5 Å². The molecule has 1 amide bonds. The highest BCUT2D eigenvalue weighted by atomic mass is 19.4. The molecular formula is C22H16F7N5O. The Morgan fingerprint density at radius 1 is 1.09 bits per heavy atom. The molecule has 0 aliphatic heterocycles. The van der Waals surface area contributed by atoms with Crippen LogP contribution in [0.3, 0.4) is 0 Å².